The number of aromatic nitrogens is 1. The number of hydrogen-bond acceptors (Lipinski definition) is 2. The lowest BCUT2D eigenvalue weighted by atomic mass is 10.1. The fourth-order valence-electron chi connectivity index (χ4n) is 1.91. The Bertz CT molecular complexity index is 772. The van der Waals surface area contributed by atoms with Gasteiger partial charge >= 0.3 is 0 Å². The summed E-state index contributed by atoms with van der Waals surface area (Å²) in [5.41, 5.74) is 1.02. The predicted molar refractivity (Wildman–Crippen MR) is 81.1 cm³/mol. The molecule has 0 aliphatic rings. The van der Waals surface area contributed by atoms with E-state index in [0.717, 1.165) is 0 Å². The lowest BCUT2D eigenvalue weighted by molar-refractivity contribution is 0.786. The molecule has 20 heavy (non-hydrogen) atoms. The molecule has 100 valence electrons. The molecular weight excluding hydrogens is 295 g/mol. The molecule has 0 saturated heterocycles. The van der Waals surface area contributed by atoms with Gasteiger partial charge in [-0.2, -0.15) is 5.26 Å². The van der Waals surface area contributed by atoms with Crippen molar-refractivity contribution in [2.45, 2.75) is 6.54 Å². The number of benzene rings is 1. The Morgan fingerprint density at radius 2 is 2.05 bits per heavy atom. The van der Waals surface area contributed by atoms with Gasteiger partial charge in [-0.15, -0.1) is 6.58 Å². The van der Waals surface area contributed by atoms with E-state index in [-0.39, 0.29) is 11.1 Å². The summed E-state index contributed by atoms with van der Waals surface area (Å²) in [6.45, 7) is 3.92. The van der Waals surface area contributed by atoms with Crippen molar-refractivity contribution >= 4 is 23.2 Å². The van der Waals surface area contributed by atoms with Gasteiger partial charge in [0.25, 0.3) is 5.56 Å². The number of hydrogen-bond donors (Lipinski definition) is 0. The van der Waals surface area contributed by atoms with Crippen molar-refractivity contribution in [3.05, 3.63) is 68.9 Å². The van der Waals surface area contributed by atoms with Crippen LogP contribution in [0.15, 0.2) is 47.8 Å². The summed E-state index contributed by atoms with van der Waals surface area (Å²) in [6.07, 6.45) is 1.59. The molecule has 1 aromatic heterocycles. The Kier molecular flexibility index (Phi) is 4.29. The highest BCUT2D eigenvalue weighted by molar-refractivity contribution is 6.36. The maximum absolute atomic E-state index is 12.2. The first kappa shape index (κ1) is 14.4. The first-order valence-corrected chi connectivity index (χ1v) is 6.54. The molecule has 3 nitrogen and oxygen atoms in total. The first-order valence-electron chi connectivity index (χ1n) is 5.78. The van der Waals surface area contributed by atoms with Gasteiger partial charge in [0.15, 0.2) is 0 Å². The van der Waals surface area contributed by atoms with Crippen LogP contribution in [-0.4, -0.2) is 4.57 Å². The van der Waals surface area contributed by atoms with E-state index < -0.39 is 0 Å². The van der Waals surface area contributed by atoms with Crippen molar-refractivity contribution in [1.82, 2.24) is 4.57 Å². The summed E-state index contributed by atoms with van der Waals surface area (Å²) in [7, 11) is 0. The molecule has 0 saturated carbocycles. The third kappa shape index (κ3) is 2.62. The van der Waals surface area contributed by atoms with Gasteiger partial charge in [-0.05, 0) is 30.3 Å². The van der Waals surface area contributed by atoms with Crippen LogP contribution in [0.1, 0.15) is 5.56 Å². The maximum Gasteiger partial charge on any atom is 0.269 e. The van der Waals surface area contributed by atoms with E-state index in [1.54, 1.807) is 30.3 Å². The van der Waals surface area contributed by atoms with E-state index in [1.165, 1.54) is 10.6 Å². The fourth-order valence-corrected chi connectivity index (χ4v) is 2.41. The quantitative estimate of drug-likeness (QED) is 0.808. The minimum Gasteiger partial charge on any atom is -0.303 e. The number of nitrogens with zero attached hydrogens (tertiary/aromatic N) is 2. The van der Waals surface area contributed by atoms with Crippen LogP contribution in [-0.2, 0) is 6.54 Å². The van der Waals surface area contributed by atoms with Gasteiger partial charge in [-0.25, -0.2) is 0 Å². The highest BCUT2D eigenvalue weighted by atomic mass is 35.5. The number of halogens is 2. The Labute approximate surface area is 126 Å². The number of pyridine rings is 1. The zero-order chi connectivity index (χ0) is 14.7. The van der Waals surface area contributed by atoms with Gasteiger partial charge < -0.3 is 4.57 Å². The van der Waals surface area contributed by atoms with Gasteiger partial charge in [-0.1, -0.05) is 29.3 Å². The van der Waals surface area contributed by atoms with E-state index in [1.807, 2.05) is 6.07 Å². The van der Waals surface area contributed by atoms with Crippen molar-refractivity contribution in [3.8, 4) is 17.3 Å². The summed E-state index contributed by atoms with van der Waals surface area (Å²) in [4.78, 5) is 12.2. The van der Waals surface area contributed by atoms with Gasteiger partial charge in [0.2, 0.25) is 0 Å². The van der Waals surface area contributed by atoms with E-state index in [4.69, 9.17) is 28.5 Å². The third-order valence-corrected chi connectivity index (χ3v) is 3.36. The first-order chi connectivity index (χ1) is 9.58. The molecule has 1 heterocycles. The molecule has 0 aliphatic heterocycles. The summed E-state index contributed by atoms with van der Waals surface area (Å²) < 4.78 is 1.46. The van der Waals surface area contributed by atoms with Crippen LogP contribution >= 0.6 is 23.2 Å². The number of rotatable bonds is 3. The second kappa shape index (κ2) is 5.96. The molecule has 0 radical (unpaired) electrons. The standard InChI is InChI=1S/C15H10Cl2N2O/c1-2-7-19-14(6-3-10(9-18)15(19)20)12-5-4-11(16)8-13(12)17/h2-6,8H,1,7H2. The van der Waals surface area contributed by atoms with Gasteiger partial charge in [0, 0.05) is 17.1 Å². The summed E-state index contributed by atoms with van der Waals surface area (Å²) in [5, 5.41) is 9.89. The molecule has 0 atom stereocenters. The molecule has 0 amide bonds. The Morgan fingerprint density at radius 3 is 2.65 bits per heavy atom. The fraction of sp³-hybridized carbons (Fsp3) is 0.0667. The topological polar surface area (TPSA) is 45.8 Å². The Balaban J connectivity index is 2.74. The third-order valence-electron chi connectivity index (χ3n) is 2.81. The highest BCUT2D eigenvalue weighted by Gasteiger charge is 2.12. The second-order valence-electron chi connectivity index (χ2n) is 4.07. The lowest BCUT2D eigenvalue weighted by Gasteiger charge is -2.13. The minimum absolute atomic E-state index is 0.0840. The van der Waals surface area contributed by atoms with Gasteiger partial charge in [0.05, 0.1) is 10.7 Å². The van der Waals surface area contributed by atoms with Crippen molar-refractivity contribution < 1.29 is 0 Å². The molecule has 0 spiro atoms. The van der Waals surface area contributed by atoms with Crippen LogP contribution < -0.4 is 5.56 Å². The van der Waals surface area contributed by atoms with E-state index in [2.05, 4.69) is 6.58 Å². The molecule has 0 bridgehead atoms. The molecule has 0 aliphatic carbocycles. The molecule has 0 N–H and O–H groups in total. The Hall–Kier alpha value is -2.02. The smallest absolute Gasteiger partial charge is 0.269 e. The van der Waals surface area contributed by atoms with Crippen LogP contribution in [0.4, 0.5) is 0 Å². The number of nitriles is 1. The van der Waals surface area contributed by atoms with Crippen molar-refractivity contribution in [2.75, 3.05) is 0 Å². The van der Waals surface area contributed by atoms with Crippen molar-refractivity contribution in [1.29, 1.82) is 5.26 Å². The van der Waals surface area contributed by atoms with Crippen LogP contribution in [0.5, 0.6) is 0 Å². The van der Waals surface area contributed by atoms with Crippen LogP contribution in [0, 0.1) is 11.3 Å². The van der Waals surface area contributed by atoms with Crippen LogP contribution in [0.2, 0.25) is 10.0 Å². The molecule has 0 unspecified atom stereocenters. The maximum atomic E-state index is 12.2. The molecular formula is C15H10Cl2N2O. The summed E-state index contributed by atoms with van der Waals surface area (Å²) in [6, 6.07) is 10.1. The second-order valence-corrected chi connectivity index (χ2v) is 4.92. The average molecular weight is 305 g/mol. The highest BCUT2D eigenvalue weighted by Crippen LogP contribution is 2.29. The monoisotopic (exact) mass is 304 g/mol. The lowest BCUT2D eigenvalue weighted by Crippen LogP contribution is -2.23. The van der Waals surface area contributed by atoms with Crippen molar-refractivity contribution in [2.24, 2.45) is 0 Å². The predicted octanol–water partition coefficient (Wildman–Crippen LogP) is 3.88. The SMILES string of the molecule is C=CCn1c(-c2ccc(Cl)cc2Cl)ccc(C#N)c1=O. The molecule has 5 heteroatoms. The van der Waals surface area contributed by atoms with Crippen LogP contribution in [0.3, 0.4) is 0 Å². The molecule has 2 aromatic rings. The summed E-state index contributed by atoms with van der Waals surface area (Å²) >= 11 is 12.0. The van der Waals surface area contributed by atoms with Gasteiger partial charge in [0.1, 0.15) is 11.6 Å². The minimum atomic E-state index is -0.365. The Morgan fingerprint density at radius 1 is 1.30 bits per heavy atom. The van der Waals surface area contributed by atoms with Crippen molar-refractivity contribution in [3.63, 3.8) is 0 Å². The summed E-state index contributed by atoms with van der Waals surface area (Å²) in [5.74, 6) is 0. The molecule has 2 rings (SSSR count). The average Bonchev–Trinajstić information content (AvgIpc) is 2.42. The van der Waals surface area contributed by atoms with Crippen LogP contribution in [0.25, 0.3) is 11.3 Å². The zero-order valence-corrected chi connectivity index (χ0v) is 11.9. The molecule has 1 aromatic carbocycles. The van der Waals surface area contributed by atoms with E-state index in [0.29, 0.717) is 27.8 Å². The normalized spacial score (nSPS) is 10.1. The molecule has 0 fully saturated rings. The van der Waals surface area contributed by atoms with Gasteiger partial charge in [-0.3, -0.25) is 4.79 Å². The largest absolute Gasteiger partial charge is 0.303 e. The van der Waals surface area contributed by atoms with E-state index in [9.17, 15) is 4.79 Å². The van der Waals surface area contributed by atoms with E-state index >= 15 is 0 Å². The number of allylic oxidation sites excluding steroid dienone is 1. The zero-order valence-electron chi connectivity index (χ0n) is 10.4.